The van der Waals surface area contributed by atoms with E-state index in [0.717, 1.165) is 18.4 Å². The van der Waals surface area contributed by atoms with Gasteiger partial charge in [0.25, 0.3) is 0 Å². The molecule has 1 aliphatic rings. The number of anilines is 1. The highest BCUT2D eigenvalue weighted by Gasteiger charge is 2.27. The maximum atomic E-state index is 10.7. The Kier molecular flexibility index (Phi) is 2.11. The second-order valence-electron chi connectivity index (χ2n) is 3.54. The zero-order valence-electron chi connectivity index (χ0n) is 7.46. The molecule has 0 atom stereocenters. The molecule has 1 aromatic carbocycles. The molecule has 0 aliphatic heterocycles. The molecule has 1 aliphatic carbocycles. The van der Waals surface area contributed by atoms with Gasteiger partial charge in [-0.15, -0.1) is 0 Å². The van der Waals surface area contributed by atoms with Crippen molar-refractivity contribution in [3.63, 3.8) is 0 Å². The monoisotopic (exact) mass is 211 g/mol. The van der Waals surface area contributed by atoms with Gasteiger partial charge < -0.3 is 10.8 Å². The van der Waals surface area contributed by atoms with Gasteiger partial charge in [0.1, 0.15) is 0 Å². The smallest absolute Gasteiger partial charge is 0.337 e. The van der Waals surface area contributed by atoms with E-state index in [2.05, 4.69) is 0 Å². The number of nitrogens with two attached hydrogens (primary N) is 1. The van der Waals surface area contributed by atoms with E-state index in [4.69, 9.17) is 22.4 Å². The fourth-order valence-electron chi connectivity index (χ4n) is 1.50. The third-order valence-corrected chi connectivity index (χ3v) is 2.74. The Morgan fingerprint density at radius 1 is 1.50 bits per heavy atom. The molecule has 0 bridgehead atoms. The van der Waals surface area contributed by atoms with Crippen LogP contribution in [0.25, 0.3) is 0 Å². The van der Waals surface area contributed by atoms with Gasteiger partial charge in [-0.25, -0.2) is 4.79 Å². The van der Waals surface area contributed by atoms with Crippen LogP contribution in [0, 0.1) is 0 Å². The van der Waals surface area contributed by atoms with E-state index in [1.807, 2.05) is 0 Å². The van der Waals surface area contributed by atoms with Crippen molar-refractivity contribution in [3.05, 3.63) is 28.3 Å². The average molecular weight is 212 g/mol. The molecule has 14 heavy (non-hydrogen) atoms. The van der Waals surface area contributed by atoms with Gasteiger partial charge in [0.15, 0.2) is 0 Å². The zero-order valence-corrected chi connectivity index (χ0v) is 8.21. The first kappa shape index (κ1) is 9.34. The number of carboxylic acid groups (broad SMARTS) is 1. The SMILES string of the molecule is Nc1cc(C2CC2)c(Cl)cc1C(=O)O. The average Bonchev–Trinajstić information content (AvgIpc) is 2.91. The third kappa shape index (κ3) is 1.55. The summed E-state index contributed by atoms with van der Waals surface area (Å²) < 4.78 is 0. The van der Waals surface area contributed by atoms with Crippen LogP contribution in [0.5, 0.6) is 0 Å². The van der Waals surface area contributed by atoms with Gasteiger partial charge >= 0.3 is 5.97 Å². The summed E-state index contributed by atoms with van der Waals surface area (Å²) in [6.45, 7) is 0. The van der Waals surface area contributed by atoms with Crippen molar-refractivity contribution in [1.82, 2.24) is 0 Å². The normalized spacial score (nSPS) is 15.5. The standard InChI is InChI=1S/C10H10ClNO2/c11-8-3-7(10(13)14)9(12)4-6(8)5-1-2-5/h3-5H,1-2,12H2,(H,13,14). The van der Waals surface area contributed by atoms with Crippen LogP contribution in [0.3, 0.4) is 0 Å². The molecular weight excluding hydrogens is 202 g/mol. The zero-order chi connectivity index (χ0) is 10.3. The van der Waals surface area contributed by atoms with Gasteiger partial charge in [-0.1, -0.05) is 11.6 Å². The van der Waals surface area contributed by atoms with Crippen LogP contribution in [-0.2, 0) is 0 Å². The largest absolute Gasteiger partial charge is 0.478 e. The van der Waals surface area contributed by atoms with Crippen molar-refractivity contribution in [2.24, 2.45) is 0 Å². The molecule has 0 spiro atoms. The molecule has 3 N–H and O–H groups in total. The Balaban J connectivity index is 2.48. The molecule has 0 saturated heterocycles. The Bertz CT molecular complexity index is 399. The summed E-state index contributed by atoms with van der Waals surface area (Å²) in [5.74, 6) is -0.556. The number of hydrogen-bond donors (Lipinski definition) is 2. The van der Waals surface area contributed by atoms with Crippen molar-refractivity contribution in [3.8, 4) is 0 Å². The maximum Gasteiger partial charge on any atom is 0.337 e. The molecule has 0 heterocycles. The predicted octanol–water partition coefficient (Wildman–Crippen LogP) is 2.50. The summed E-state index contributed by atoms with van der Waals surface area (Å²) in [5, 5.41) is 9.31. The molecule has 1 fully saturated rings. The number of nitrogen functional groups attached to an aromatic ring is 1. The van der Waals surface area contributed by atoms with Crippen molar-refractivity contribution >= 4 is 23.3 Å². The molecule has 2 rings (SSSR count). The minimum atomic E-state index is -1.04. The predicted molar refractivity (Wildman–Crippen MR) is 54.8 cm³/mol. The minimum absolute atomic E-state index is 0.0828. The van der Waals surface area contributed by atoms with Crippen LogP contribution in [0.15, 0.2) is 12.1 Å². The van der Waals surface area contributed by atoms with E-state index >= 15 is 0 Å². The van der Waals surface area contributed by atoms with Crippen LogP contribution in [0.2, 0.25) is 5.02 Å². The van der Waals surface area contributed by atoms with E-state index < -0.39 is 5.97 Å². The van der Waals surface area contributed by atoms with E-state index in [1.165, 1.54) is 6.07 Å². The maximum absolute atomic E-state index is 10.7. The van der Waals surface area contributed by atoms with Crippen LogP contribution in [0.4, 0.5) is 5.69 Å². The van der Waals surface area contributed by atoms with Crippen LogP contribution in [0.1, 0.15) is 34.7 Å². The molecule has 4 heteroatoms. The molecule has 74 valence electrons. The first-order valence-electron chi connectivity index (χ1n) is 4.42. The van der Waals surface area contributed by atoms with Crippen LogP contribution >= 0.6 is 11.6 Å². The van der Waals surface area contributed by atoms with Gasteiger partial charge in [0, 0.05) is 10.7 Å². The summed E-state index contributed by atoms with van der Waals surface area (Å²) in [7, 11) is 0. The number of hydrogen-bond acceptors (Lipinski definition) is 2. The molecule has 1 saturated carbocycles. The van der Waals surface area contributed by atoms with E-state index in [0.29, 0.717) is 16.6 Å². The topological polar surface area (TPSA) is 63.3 Å². The third-order valence-electron chi connectivity index (χ3n) is 2.42. The van der Waals surface area contributed by atoms with Gasteiger partial charge in [0.2, 0.25) is 0 Å². The number of rotatable bonds is 2. The number of carbonyl (C=O) groups is 1. The summed E-state index contributed by atoms with van der Waals surface area (Å²) >= 11 is 5.96. The summed E-state index contributed by atoms with van der Waals surface area (Å²) in [6.07, 6.45) is 2.23. The minimum Gasteiger partial charge on any atom is -0.478 e. The second kappa shape index (κ2) is 3.17. The first-order chi connectivity index (χ1) is 6.59. The van der Waals surface area contributed by atoms with Crippen molar-refractivity contribution in [2.75, 3.05) is 5.73 Å². The van der Waals surface area contributed by atoms with E-state index in [1.54, 1.807) is 6.07 Å². The highest BCUT2D eigenvalue weighted by molar-refractivity contribution is 6.32. The van der Waals surface area contributed by atoms with Gasteiger partial charge in [-0.3, -0.25) is 0 Å². The summed E-state index contributed by atoms with van der Waals surface area (Å²) in [5.41, 5.74) is 6.98. The van der Waals surface area contributed by atoms with Gasteiger partial charge in [-0.2, -0.15) is 0 Å². The lowest BCUT2D eigenvalue weighted by atomic mass is 10.1. The van der Waals surface area contributed by atoms with Gasteiger partial charge in [-0.05, 0) is 36.5 Å². The highest BCUT2D eigenvalue weighted by atomic mass is 35.5. The molecule has 0 aromatic heterocycles. The van der Waals surface area contributed by atoms with Gasteiger partial charge in [0.05, 0.1) is 5.56 Å². The quantitative estimate of drug-likeness (QED) is 0.739. The highest BCUT2D eigenvalue weighted by Crippen LogP contribution is 2.44. The van der Waals surface area contributed by atoms with E-state index in [-0.39, 0.29) is 5.56 Å². The summed E-state index contributed by atoms with van der Waals surface area (Å²) in [4.78, 5) is 10.7. The van der Waals surface area contributed by atoms with Crippen molar-refractivity contribution in [1.29, 1.82) is 0 Å². The molecule has 1 aromatic rings. The van der Waals surface area contributed by atoms with Crippen LogP contribution < -0.4 is 5.73 Å². The van der Waals surface area contributed by atoms with E-state index in [9.17, 15) is 4.79 Å². The lowest BCUT2D eigenvalue weighted by molar-refractivity contribution is 0.0698. The Labute approximate surface area is 86.5 Å². The first-order valence-corrected chi connectivity index (χ1v) is 4.79. The lowest BCUT2D eigenvalue weighted by Crippen LogP contribution is -2.03. The Morgan fingerprint density at radius 3 is 2.64 bits per heavy atom. The molecule has 0 unspecified atom stereocenters. The summed E-state index contributed by atoms with van der Waals surface area (Å²) in [6, 6.07) is 3.12. The molecular formula is C10H10ClNO2. The Morgan fingerprint density at radius 2 is 2.14 bits per heavy atom. The number of halogens is 1. The molecule has 0 amide bonds. The van der Waals surface area contributed by atoms with Crippen molar-refractivity contribution in [2.45, 2.75) is 18.8 Å². The Hall–Kier alpha value is -1.22. The fraction of sp³-hybridized carbons (Fsp3) is 0.300. The fourth-order valence-corrected chi connectivity index (χ4v) is 1.82. The lowest BCUT2D eigenvalue weighted by Gasteiger charge is -2.06. The number of carboxylic acids is 1. The van der Waals surface area contributed by atoms with Crippen LogP contribution in [-0.4, -0.2) is 11.1 Å². The van der Waals surface area contributed by atoms with Crippen molar-refractivity contribution < 1.29 is 9.90 Å². The molecule has 3 nitrogen and oxygen atoms in total. The molecule has 0 radical (unpaired) electrons. The number of benzene rings is 1. The number of aromatic carboxylic acids is 1. The second-order valence-corrected chi connectivity index (χ2v) is 3.95.